The van der Waals surface area contributed by atoms with Gasteiger partial charge in [0.2, 0.25) is 0 Å². The van der Waals surface area contributed by atoms with E-state index in [-0.39, 0.29) is 22.1 Å². The molecule has 0 spiro atoms. The molecule has 0 aliphatic heterocycles. The first-order valence-electron chi connectivity index (χ1n) is 10.9. The summed E-state index contributed by atoms with van der Waals surface area (Å²) in [5.41, 5.74) is 3.03. The third-order valence-electron chi connectivity index (χ3n) is 6.79. The summed E-state index contributed by atoms with van der Waals surface area (Å²) in [7, 11) is 0. The number of aromatic carboxylic acids is 1. The van der Waals surface area contributed by atoms with Crippen LogP contribution < -0.4 is 4.74 Å². The van der Waals surface area contributed by atoms with Crippen LogP contribution >= 0.6 is 0 Å². The molecule has 7 heteroatoms. The van der Waals surface area contributed by atoms with E-state index in [2.05, 4.69) is 27.7 Å². The van der Waals surface area contributed by atoms with Crippen molar-refractivity contribution < 1.29 is 32.6 Å². The number of fused-ring (bicyclic) bond motifs is 2. The molecule has 1 aliphatic carbocycles. The fourth-order valence-corrected chi connectivity index (χ4v) is 4.61. The monoisotopic (exact) mass is 470 g/mol. The van der Waals surface area contributed by atoms with E-state index in [4.69, 9.17) is 9.84 Å². The van der Waals surface area contributed by atoms with E-state index in [1.165, 1.54) is 18.2 Å². The molecule has 0 aromatic heterocycles. The molecule has 4 nitrogen and oxygen atoms in total. The van der Waals surface area contributed by atoms with Crippen molar-refractivity contribution in [1.82, 2.24) is 0 Å². The lowest BCUT2D eigenvalue weighted by atomic mass is 9.63. The van der Waals surface area contributed by atoms with Crippen LogP contribution in [0.15, 0.2) is 48.5 Å². The van der Waals surface area contributed by atoms with E-state index in [9.17, 15) is 22.8 Å². The van der Waals surface area contributed by atoms with Gasteiger partial charge in [-0.2, -0.15) is 13.2 Å². The Kier molecular flexibility index (Phi) is 5.50. The first kappa shape index (κ1) is 23.8. The number of benzene rings is 3. The number of halogens is 3. The molecule has 0 atom stereocenters. The van der Waals surface area contributed by atoms with Gasteiger partial charge in [-0.05, 0) is 81.6 Å². The summed E-state index contributed by atoms with van der Waals surface area (Å²) in [6.45, 7) is 8.50. The van der Waals surface area contributed by atoms with E-state index in [0.717, 1.165) is 24.0 Å². The summed E-state index contributed by atoms with van der Waals surface area (Å²) in [6, 6.07) is 13.0. The van der Waals surface area contributed by atoms with Gasteiger partial charge in [0.15, 0.2) is 0 Å². The predicted molar refractivity (Wildman–Crippen MR) is 123 cm³/mol. The van der Waals surface area contributed by atoms with Crippen molar-refractivity contribution in [2.24, 2.45) is 0 Å². The molecule has 0 saturated heterocycles. The zero-order valence-corrected chi connectivity index (χ0v) is 19.3. The summed E-state index contributed by atoms with van der Waals surface area (Å²) in [5, 5.41) is 10.2. The van der Waals surface area contributed by atoms with Gasteiger partial charge in [-0.1, -0.05) is 45.9 Å². The van der Waals surface area contributed by atoms with Gasteiger partial charge in [-0.3, -0.25) is 0 Å². The number of alkyl halides is 3. The maximum atomic E-state index is 13.0. The van der Waals surface area contributed by atoms with E-state index in [0.29, 0.717) is 21.9 Å². The Balaban J connectivity index is 1.96. The van der Waals surface area contributed by atoms with Crippen LogP contribution in [0.3, 0.4) is 0 Å². The van der Waals surface area contributed by atoms with Crippen molar-refractivity contribution in [2.45, 2.75) is 57.5 Å². The molecule has 3 aromatic carbocycles. The van der Waals surface area contributed by atoms with Gasteiger partial charge in [-0.25, -0.2) is 9.59 Å². The quantitative estimate of drug-likeness (QED) is 0.330. The number of hydrogen-bond acceptors (Lipinski definition) is 3. The number of carbonyl (C=O) groups excluding carboxylic acids is 1. The Hall–Kier alpha value is -3.35. The summed E-state index contributed by atoms with van der Waals surface area (Å²) in [4.78, 5) is 22.9. The first-order chi connectivity index (χ1) is 15.7. The van der Waals surface area contributed by atoms with Crippen molar-refractivity contribution in [1.29, 1.82) is 0 Å². The summed E-state index contributed by atoms with van der Waals surface area (Å²) >= 11 is 0. The van der Waals surface area contributed by atoms with Gasteiger partial charge in [-0.15, -0.1) is 0 Å². The number of ether oxygens (including phenoxy) is 1. The minimum absolute atomic E-state index is 0.0892. The zero-order chi connectivity index (χ0) is 25.1. The first-order valence-corrected chi connectivity index (χ1v) is 10.9. The molecule has 178 valence electrons. The maximum Gasteiger partial charge on any atom is 0.491 e. The lowest BCUT2D eigenvalue weighted by Crippen LogP contribution is -2.33. The Morgan fingerprint density at radius 1 is 0.853 bits per heavy atom. The van der Waals surface area contributed by atoms with Crippen LogP contribution in [0.5, 0.6) is 5.75 Å². The minimum Gasteiger partial charge on any atom is -0.478 e. The largest absolute Gasteiger partial charge is 0.491 e. The Morgan fingerprint density at radius 2 is 1.41 bits per heavy atom. The van der Waals surface area contributed by atoms with E-state index in [1.807, 2.05) is 18.2 Å². The van der Waals surface area contributed by atoms with Gasteiger partial charge >= 0.3 is 18.1 Å². The van der Waals surface area contributed by atoms with Crippen LogP contribution in [0.2, 0.25) is 0 Å². The lowest BCUT2D eigenvalue weighted by Gasteiger charge is -2.42. The second kappa shape index (κ2) is 7.86. The van der Waals surface area contributed by atoms with Gasteiger partial charge < -0.3 is 9.84 Å². The van der Waals surface area contributed by atoms with Crippen LogP contribution in [0.1, 0.15) is 62.0 Å². The average Bonchev–Trinajstić information content (AvgIpc) is 2.75. The highest BCUT2D eigenvalue weighted by Gasteiger charge is 2.42. The lowest BCUT2D eigenvalue weighted by molar-refractivity contribution is -0.189. The van der Waals surface area contributed by atoms with Crippen molar-refractivity contribution >= 4 is 22.7 Å². The predicted octanol–water partition coefficient (Wildman–Crippen LogP) is 7.02. The molecule has 0 radical (unpaired) electrons. The molecule has 0 amide bonds. The molecule has 0 unspecified atom stereocenters. The molecular formula is C27H25F3O4. The van der Waals surface area contributed by atoms with Gasteiger partial charge in [0, 0.05) is 5.39 Å². The maximum absolute atomic E-state index is 13.0. The fourth-order valence-electron chi connectivity index (χ4n) is 4.61. The molecule has 0 saturated carbocycles. The standard InChI is InChI=1S/C27H25F3O4/c1-25(2)9-10-26(3,4)21-14-19-18(12-20(21)25)11-17(13-22(19)34-24(33)27(28,29)30)15-5-7-16(8-6-15)23(31)32/h5-8,11-14H,9-10H2,1-4H3,(H,31,32). The minimum atomic E-state index is -5.14. The fraction of sp³-hybridized carbons (Fsp3) is 0.333. The zero-order valence-electron chi connectivity index (χ0n) is 19.3. The van der Waals surface area contributed by atoms with Crippen LogP contribution in [0.25, 0.3) is 21.9 Å². The van der Waals surface area contributed by atoms with Crippen LogP contribution in [0.4, 0.5) is 13.2 Å². The number of carbonyl (C=O) groups is 2. The van der Waals surface area contributed by atoms with Crippen molar-refractivity contribution in [3.63, 3.8) is 0 Å². The Labute approximate surface area is 195 Å². The molecule has 1 aliphatic rings. The molecule has 4 rings (SSSR count). The second-order valence-corrected chi connectivity index (χ2v) is 10.1. The molecule has 0 bridgehead atoms. The Bertz CT molecular complexity index is 1300. The second-order valence-electron chi connectivity index (χ2n) is 10.1. The molecule has 0 fully saturated rings. The summed E-state index contributed by atoms with van der Waals surface area (Å²) < 4.78 is 44.0. The molecule has 1 N–H and O–H groups in total. The van der Waals surface area contributed by atoms with E-state index in [1.54, 1.807) is 12.1 Å². The third-order valence-corrected chi connectivity index (χ3v) is 6.79. The molecule has 0 heterocycles. The number of carboxylic acid groups (broad SMARTS) is 1. The van der Waals surface area contributed by atoms with Crippen LogP contribution in [0, 0.1) is 0 Å². The molecular weight excluding hydrogens is 445 g/mol. The number of hydrogen-bond donors (Lipinski definition) is 1. The third kappa shape index (κ3) is 4.27. The molecule has 34 heavy (non-hydrogen) atoms. The Morgan fingerprint density at radius 3 is 1.94 bits per heavy atom. The number of esters is 1. The number of rotatable bonds is 3. The smallest absolute Gasteiger partial charge is 0.478 e. The van der Waals surface area contributed by atoms with Crippen molar-refractivity contribution in [2.75, 3.05) is 0 Å². The highest BCUT2D eigenvalue weighted by atomic mass is 19.4. The highest BCUT2D eigenvalue weighted by molar-refractivity contribution is 5.96. The van der Waals surface area contributed by atoms with Crippen molar-refractivity contribution in [3.8, 4) is 16.9 Å². The van der Waals surface area contributed by atoms with E-state index < -0.39 is 18.1 Å². The summed E-state index contributed by atoms with van der Waals surface area (Å²) in [6.07, 6.45) is -3.25. The highest BCUT2D eigenvalue weighted by Crippen LogP contribution is 2.48. The van der Waals surface area contributed by atoms with Crippen LogP contribution in [-0.2, 0) is 15.6 Å². The topological polar surface area (TPSA) is 63.6 Å². The SMILES string of the molecule is CC1(C)CCC(C)(C)c2cc3c(OC(=O)C(F)(F)F)cc(-c4ccc(C(=O)O)cc4)cc3cc21. The van der Waals surface area contributed by atoms with Gasteiger partial charge in [0.1, 0.15) is 5.75 Å². The van der Waals surface area contributed by atoms with Gasteiger partial charge in [0.25, 0.3) is 0 Å². The van der Waals surface area contributed by atoms with E-state index >= 15 is 0 Å². The van der Waals surface area contributed by atoms with Crippen molar-refractivity contribution in [3.05, 3.63) is 65.2 Å². The molecule has 3 aromatic rings. The van der Waals surface area contributed by atoms with Gasteiger partial charge in [0.05, 0.1) is 5.56 Å². The van der Waals surface area contributed by atoms with Crippen LogP contribution in [-0.4, -0.2) is 23.2 Å². The summed E-state index contributed by atoms with van der Waals surface area (Å²) in [5.74, 6) is -3.55. The normalized spacial score (nSPS) is 16.7. The average molecular weight is 470 g/mol. The number of carboxylic acids is 1.